The number of fused-ring (bicyclic) bond motifs is 1. The number of esters is 1. The molecule has 6 heteroatoms. The van der Waals surface area contributed by atoms with Crippen LogP contribution in [0, 0.1) is 5.82 Å². The zero-order valence-corrected chi connectivity index (χ0v) is 8.79. The van der Waals surface area contributed by atoms with Crippen LogP contribution in [0.3, 0.4) is 0 Å². The molecule has 2 aromatic carbocycles. The largest absolute Gasteiger partial charge is 0.491 e. The highest BCUT2D eigenvalue weighted by molar-refractivity contribution is 5.86. The molecular weight excluding hydrogens is 252 g/mol. The van der Waals surface area contributed by atoms with Crippen molar-refractivity contribution in [3.63, 3.8) is 0 Å². The zero-order valence-electron chi connectivity index (χ0n) is 8.79. The highest BCUT2D eigenvalue weighted by atomic mass is 19.4. The number of benzene rings is 2. The van der Waals surface area contributed by atoms with E-state index in [2.05, 4.69) is 4.74 Å². The maximum absolute atomic E-state index is 13.4. The first-order chi connectivity index (χ1) is 8.38. The van der Waals surface area contributed by atoms with Crippen molar-refractivity contribution < 1.29 is 27.1 Å². The molecule has 0 saturated carbocycles. The molecule has 0 aromatic heterocycles. The lowest BCUT2D eigenvalue weighted by Gasteiger charge is -2.07. The van der Waals surface area contributed by atoms with Crippen molar-refractivity contribution >= 4 is 16.7 Å². The minimum absolute atomic E-state index is 0.0879. The van der Waals surface area contributed by atoms with E-state index in [4.69, 9.17) is 0 Å². The highest BCUT2D eigenvalue weighted by Gasteiger charge is 2.41. The summed E-state index contributed by atoms with van der Waals surface area (Å²) in [6.07, 6.45) is -5.08. The number of carbonyl (C=O) groups excluding carboxylic acids is 1. The van der Waals surface area contributed by atoms with Crippen molar-refractivity contribution in [1.82, 2.24) is 0 Å². The summed E-state index contributed by atoms with van der Waals surface area (Å²) >= 11 is 0. The Morgan fingerprint density at radius 1 is 1.11 bits per heavy atom. The monoisotopic (exact) mass is 258 g/mol. The summed E-state index contributed by atoms with van der Waals surface area (Å²) in [5, 5.41) is 0.590. The van der Waals surface area contributed by atoms with E-state index in [0.29, 0.717) is 5.39 Å². The summed E-state index contributed by atoms with van der Waals surface area (Å²) in [6.45, 7) is 0. The Labute approximate surface area is 98.8 Å². The van der Waals surface area contributed by atoms with Crippen LogP contribution < -0.4 is 4.74 Å². The van der Waals surface area contributed by atoms with Gasteiger partial charge in [0.15, 0.2) is 0 Å². The van der Waals surface area contributed by atoms with Gasteiger partial charge in [-0.3, -0.25) is 0 Å². The molecule has 2 nitrogen and oxygen atoms in total. The molecule has 0 N–H and O–H groups in total. The van der Waals surface area contributed by atoms with Crippen LogP contribution in [-0.2, 0) is 4.79 Å². The fourth-order valence-electron chi connectivity index (χ4n) is 1.44. The van der Waals surface area contributed by atoms with Gasteiger partial charge in [-0.1, -0.05) is 18.2 Å². The van der Waals surface area contributed by atoms with E-state index < -0.39 is 18.0 Å². The van der Waals surface area contributed by atoms with Gasteiger partial charge < -0.3 is 4.74 Å². The molecule has 0 aliphatic heterocycles. The molecule has 0 atom stereocenters. The van der Waals surface area contributed by atoms with E-state index in [1.54, 1.807) is 6.07 Å². The Kier molecular flexibility index (Phi) is 2.94. The summed E-state index contributed by atoms with van der Waals surface area (Å²) in [5.41, 5.74) is 0. The van der Waals surface area contributed by atoms with Gasteiger partial charge in [-0.05, 0) is 23.6 Å². The number of halogens is 4. The van der Waals surface area contributed by atoms with Crippen LogP contribution in [0.5, 0.6) is 5.75 Å². The minimum atomic E-state index is -5.08. The summed E-state index contributed by atoms with van der Waals surface area (Å²) in [4.78, 5) is 10.6. The third-order valence-corrected chi connectivity index (χ3v) is 2.24. The standard InChI is InChI=1S/C12H6F4O2/c13-10-3-1-2-7-4-5-8(6-9(7)10)18-11(17)12(14,15)16/h1-6H. The van der Waals surface area contributed by atoms with Crippen LogP contribution >= 0.6 is 0 Å². The second-order valence-electron chi connectivity index (χ2n) is 3.51. The normalized spacial score (nSPS) is 11.6. The van der Waals surface area contributed by atoms with Crippen molar-refractivity contribution in [2.24, 2.45) is 0 Å². The van der Waals surface area contributed by atoms with E-state index in [1.165, 1.54) is 18.2 Å². The average molecular weight is 258 g/mol. The van der Waals surface area contributed by atoms with Crippen LogP contribution in [0.2, 0.25) is 0 Å². The third kappa shape index (κ3) is 2.42. The Hall–Kier alpha value is -2.11. The fourth-order valence-corrected chi connectivity index (χ4v) is 1.44. The SMILES string of the molecule is O=C(Oc1ccc2cccc(F)c2c1)C(F)(F)F. The second kappa shape index (κ2) is 4.29. The molecule has 2 rings (SSSR count). The van der Waals surface area contributed by atoms with Gasteiger partial charge in [0.2, 0.25) is 0 Å². The van der Waals surface area contributed by atoms with E-state index in [9.17, 15) is 22.4 Å². The predicted molar refractivity (Wildman–Crippen MR) is 55.6 cm³/mol. The summed E-state index contributed by atoms with van der Waals surface area (Å²) < 4.78 is 53.4. The first-order valence-corrected chi connectivity index (χ1v) is 4.85. The molecule has 94 valence electrons. The maximum Gasteiger partial charge on any atom is 0.491 e. The van der Waals surface area contributed by atoms with Gasteiger partial charge in [0.1, 0.15) is 11.6 Å². The quantitative estimate of drug-likeness (QED) is 0.445. The number of alkyl halides is 3. The highest BCUT2D eigenvalue weighted by Crippen LogP contribution is 2.25. The molecule has 0 aliphatic carbocycles. The van der Waals surface area contributed by atoms with Crippen molar-refractivity contribution in [3.8, 4) is 5.75 Å². The lowest BCUT2D eigenvalue weighted by Crippen LogP contribution is -2.27. The molecule has 0 aliphatic rings. The van der Waals surface area contributed by atoms with Gasteiger partial charge in [-0.2, -0.15) is 13.2 Å². The van der Waals surface area contributed by atoms with E-state index in [-0.39, 0.29) is 11.1 Å². The summed E-state index contributed by atoms with van der Waals surface area (Å²) in [7, 11) is 0. The fraction of sp³-hybridized carbons (Fsp3) is 0.0833. The van der Waals surface area contributed by atoms with E-state index >= 15 is 0 Å². The maximum atomic E-state index is 13.4. The smallest absolute Gasteiger partial charge is 0.420 e. The topological polar surface area (TPSA) is 26.3 Å². The van der Waals surface area contributed by atoms with Gasteiger partial charge in [-0.25, -0.2) is 9.18 Å². The molecule has 18 heavy (non-hydrogen) atoms. The first kappa shape index (κ1) is 12.3. The average Bonchev–Trinajstić information content (AvgIpc) is 2.29. The van der Waals surface area contributed by atoms with E-state index in [0.717, 1.165) is 12.1 Å². The third-order valence-electron chi connectivity index (χ3n) is 2.24. The molecule has 2 aromatic rings. The molecule has 0 radical (unpaired) electrons. The van der Waals surface area contributed by atoms with Crippen LogP contribution in [-0.4, -0.2) is 12.1 Å². The lowest BCUT2D eigenvalue weighted by molar-refractivity contribution is -0.189. The summed E-state index contributed by atoms with van der Waals surface area (Å²) in [6, 6.07) is 7.82. The molecule has 0 heterocycles. The van der Waals surface area contributed by atoms with Gasteiger partial charge >= 0.3 is 12.1 Å². The molecule has 0 fully saturated rings. The number of hydrogen-bond donors (Lipinski definition) is 0. The molecule has 0 saturated heterocycles. The Morgan fingerprint density at radius 2 is 1.83 bits per heavy atom. The minimum Gasteiger partial charge on any atom is -0.420 e. The predicted octanol–water partition coefficient (Wildman–Crippen LogP) is 3.45. The van der Waals surface area contributed by atoms with Gasteiger partial charge in [0.25, 0.3) is 0 Å². The Bertz CT molecular complexity index is 605. The number of rotatable bonds is 1. The van der Waals surface area contributed by atoms with Crippen molar-refractivity contribution in [1.29, 1.82) is 0 Å². The molecule has 0 amide bonds. The number of ether oxygens (including phenoxy) is 1. The molecule has 0 bridgehead atoms. The van der Waals surface area contributed by atoms with Crippen LogP contribution in [0.15, 0.2) is 36.4 Å². The van der Waals surface area contributed by atoms with Crippen LogP contribution in [0.1, 0.15) is 0 Å². The van der Waals surface area contributed by atoms with Crippen LogP contribution in [0.4, 0.5) is 17.6 Å². The molecule has 0 spiro atoms. The van der Waals surface area contributed by atoms with E-state index in [1.807, 2.05) is 0 Å². The molecule has 0 unspecified atom stereocenters. The molecular formula is C12H6F4O2. The van der Waals surface area contributed by atoms with Crippen LogP contribution in [0.25, 0.3) is 10.8 Å². The van der Waals surface area contributed by atoms with Crippen molar-refractivity contribution in [2.75, 3.05) is 0 Å². The second-order valence-corrected chi connectivity index (χ2v) is 3.51. The Morgan fingerprint density at radius 3 is 2.50 bits per heavy atom. The van der Waals surface area contributed by atoms with Crippen molar-refractivity contribution in [3.05, 3.63) is 42.2 Å². The number of hydrogen-bond acceptors (Lipinski definition) is 2. The lowest BCUT2D eigenvalue weighted by atomic mass is 10.1. The van der Waals surface area contributed by atoms with Crippen molar-refractivity contribution in [2.45, 2.75) is 6.18 Å². The zero-order chi connectivity index (χ0) is 13.3. The van der Waals surface area contributed by atoms with Gasteiger partial charge in [0, 0.05) is 5.39 Å². The summed E-state index contributed by atoms with van der Waals surface area (Å²) in [5.74, 6) is -3.29. The number of carbonyl (C=O) groups is 1. The van der Waals surface area contributed by atoms with Gasteiger partial charge in [-0.15, -0.1) is 0 Å². The first-order valence-electron chi connectivity index (χ1n) is 4.85. The Balaban J connectivity index is 2.36. The van der Waals surface area contributed by atoms with Gasteiger partial charge in [0.05, 0.1) is 0 Å².